The van der Waals surface area contributed by atoms with Crippen LogP contribution in [0.2, 0.25) is 0 Å². The molecule has 4 nitrogen and oxygen atoms in total. The molecular formula is C10H9N3O. The van der Waals surface area contributed by atoms with Crippen molar-refractivity contribution < 1.29 is 5.11 Å². The maximum Gasteiger partial charge on any atom is 0.160 e. The lowest BCUT2D eigenvalue weighted by Crippen LogP contribution is -1.89. The van der Waals surface area contributed by atoms with Gasteiger partial charge in [-0.05, 0) is 19.1 Å². The molecular weight excluding hydrogens is 178 g/mol. The number of aryl methyl sites for hydroxylation is 1. The number of aromatic hydroxyl groups is 1. The van der Waals surface area contributed by atoms with Crippen molar-refractivity contribution in [3.05, 3.63) is 36.4 Å². The molecule has 0 aliphatic carbocycles. The zero-order chi connectivity index (χ0) is 9.97. The van der Waals surface area contributed by atoms with Crippen molar-refractivity contribution in [3.8, 4) is 17.1 Å². The highest BCUT2D eigenvalue weighted by molar-refractivity contribution is 5.55. The Hall–Kier alpha value is -1.97. The summed E-state index contributed by atoms with van der Waals surface area (Å²) in [6.45, 7) is 1.74. The van der Waals surface area contributed by atoms with Crippen LogP contribution in [0.15, 0.2) is 30.7 Å². The molecule has 0 spiro atoms. The molecule has 1 N–H and O–H groups in total. The Morgan fingerprint density at radius 1 is 1.14 bits per heavy atom. The van der Waals surface area contributed by atoms with Crippen molar-refractivity contribution in [2.75, 3.05) is 0 Å². The molecule has 4 heteroatoms. The largest absolute Gasteiger partial charge is 0.506 e. The molecule has 0 aliphatic heterocycles. The summed E-state index contributed by atoms with van der Waals surface area (Å²) in [7, 11) is 0. The van der Waals surface area contributed by atoms with E-state index in [0.29, 0.717) is 17.1 Å². The minimum absolute atomic E-state index is 0.162. The second kappa shape index (κ2) is 3.41. The first-order valence-corrected chi connectivity index (χ1v) is 4.20. The van der Waals surface area contributed by atoms with E-state index in [2.05, 4.69) is 15.0 Å². The first-order valence-electron chi connectivity index (χ1n) is 4.20. The lowest BCUT2D eigenvalue weighted by Gasteiger charge is -2.01. The van der Waals surface area contributed by atoms with Crippen molar-refractivity contribution in [3.63, 3.8) is 0 Å². The van der Waals surface area contributed by atoms with Crippen molar-refractivity contribution in [2.45, 2.75) is 6.92 Å². The third-order valence-corrected chi connectivity index (χ3v) is 1.88. The Balaban J connectivity index is 2.48. The second-order valence-electron chi connectivity index (χ2n) is 2.90. The van der Waals surface area contributed by atoms with E-state index in [0.717, 1.165) is 0 Å². The Kier molecular flexibility index (Phi) is 2.10. The summed E-state index contributed by atoms with van der Waals surface area (Å²) in [5, 5.41) is 9.44. The molecule has 70 valence electrons. The first-order chi connectivity index (χ1) is 6.77. The lowest BCUT2D eigenvalue weighted by atomic mass is 10.2. The Morgan fingerprint density at radius 3 is 2.50 bits per heavy atom. The summed E-state index contributed by atoms with van der Waals surface area (Å²) >= 11 is 0. The lowest BCUT2D eigenvalue weighted by molar-refractivity contribution is 0.468. The fourth-order valence-electron chi connectivity index (χ4n) is 1.09. The molecule has 2 aromatic rings. The van der Waals surface area contributed by atoms with Crippen LogP contribution in [0.25, 0.3) is 11.4 Å². The summed E-state index contributed by atoms with van der Waals surface area (Å²) in [6.07, 6.45) is 4.95. The van der Waals surface area contributed by atoms with E-state index in [1.54, 1.807) is 37.6 Å². The van der Waals surface area contributed by atoms with E-state index in [9.17, 15) is 5.11 Å². The molecule has 0 radical (unpaired) electrons. The molecule has 0 unspecified atom stereocenters. The molecule has 0 saturated carbocycles. The van der Waals surface area contributed by atoms with Crippen LogP contribution < -0.4 is 0 Å². The van der Waals surface area contributed by atoms with Gasteiger partial charge in [0, 0.05) is 24.2 Å². The van der Waals surface area contributed by atoms with E-state index in [4.69, 9.17) is 0 Å². The first kappa shape index (κ1) is 8.62. The number of hydrogen-bond acceptors (Lipinski definition) is 4. The Morgan fingerprint density at radius 2 is 1.86 bits per heavy atom. The van der Waals surface area contributed by atoms with Gasteiger partial charge in [0.15, 0.2) is 5.82 Å². The van der Waals surface area contributed by atoms with Gasteiger partial charge in [-0.15, -0.1) is 0 Å². The normalized spacial score (nSPS) is 10.1. The van der Waals surface area contributed by atoms with E-state index >= 15 is 0 Å². The van der Waals surface area contributed by atoms with Gasteiger partial charge in [0.05, 0.1) is 5.69 Å². The minimum Gasteiger partial charge on any atom is -0.506 e. The summed E-state index contributed by atoms with van der Waals surface area (Å²) in [4.78, 5) is 12.1. The van der Waals surface area contributed by atoms with Crippen LogP contribution in [0.5, 0.6) is 5.75 Å². The van der Waals surface area contributed by atoms with E-state index in [1.807, 2.05) is 0 Å². The number of rotatable bonds is 1. The van der Waals surface area contributed by atoms with Gasteiger partial charge in [0.1, 0.15) is 5.75 Å². The fraction of sp³-hybridized carbons (Fsp3) is 0.100. The average molecular weight is 187 g/mol. The van der Waals surface area contributed by atoms with Crippen molar-refractivity contribution >= 4 is 0 Å². The molecule has 0 fully saturated rings. The van der Waals surface area contributed by atoms with Crippen LogP contribution in [-0.2, 0) is 0 Å². The summed E-state index contributed by atoms with van der Waals surface area (Å²) in [5.41, 5.74) is 1.32. The highest BCUT2D eigenvalue weighted by Gasteiger charge is 2.03. The van der Waals surface area contributed by atoms with Crippen LogP contribution in [0.1, 0.15) is 5.69 Å². The van der Waals surface area contributed by atoms with E-state index in [1.165, 1.54) is 0 Å². The van der Waals surface area contributed by atoms with Gasteiger partial charge < -0.3 is 5.11 Å². The average Bonchev–Trinajstić information content (AvgIpc) is 2.23. The third kappa shape index (κ3) is 1.54. The second-order valence-corrected chi connectivity index (χ2v) is 2.90. The number of nitrogens with zero attached hydrogens (tertiary/aromatic N) is 3. The van der Waals surface area contributed by atoms with Gasteiger partial charge in [-0.1, -0.05) is 0 Å². The topological polar surface area (TPSA) is 58.9 Å². The molecule has 14 heavy (non-hydrogen) atoms. The van der Waals surface area contributed by atoms with Crippen LogP contribution in [0.3, 0.4) is 0 Å². The number of pyridine rings is 1. The zero-order valence-corrected chi connectivity index (χ0v) is 7.68. The molecule has 0 aromatic carbocycles. The van der Waals surface area contributed by atoms with Crippen molar-refractivity contribution in [1.29, 1.82) is 0 Å². The highest BCUT2D eigenvalue weighted by atomic mass is 16.3. The maximum atomic E-state index is 9.44. The molecule has 0 amide bonds. The Bertz CT molecular complexity index is 442. The van der Waals surface area contributed by atoms with Gasteiger partial charge in [0.25, 0.3) is 0 Å². The van der Waals surface area contributed by atoms with Gasteiger partial charge in [-0.25, -0.2) is 9.97 Å². The van der Waals surface area contributed by atoms with Crippen LogP contribution >= 0.6 is 0 Å². The van der Waals surface area contributed by atoms with E-state index < -0.39 is 0 Å². The van der Waals surface area contributed by atoms with Gasteiger partial charge >= 0.3 is 0 Å². The SMILES string of the molecule is Cc1ncc(-c2ncccn2)cc1O. The molecule has 2 aromatic heterocycles. The fourth-order valence-corrected chi connectivity index (χ4v) is 1.09. The summed E-state index contributed by atoms with van der Waals surface area (Å²) < 4.78 is 0. The highest BCUT2D eigenvalue weighted by Crippen LogP contribution is 2.20. The monoisotopic (exact) mass is 187 g/mol. The summed E-state index contributed by atoms with van der Waals surface area (Å²) in [6, 6.07) is 3.35. The quantitative estimate of drug-likeness (QED) is 0.735. The standard InChI is InChI=1S/C10H9N3O/c1-7-9(14)5-8(6-13-7)10-11-3-2-4-12-10/h2-6,14H,1H3. The van der Waals surface area contributed by atoms with Crippen molar-refractivity contribution in [2.24, 2.45) is 0 Å². The molecule has 2 heterocycles. The van der Waals surface area contributed by atoms with Gasteiger partial charge in [-0.2, -0.15) is 0 Å². The smallest absolute Gasteiger partial charge is 0.160 e. The third-order valence-electron chi connectivity index (χ3n) is 1.88. The molecule has 2 rings (SSSR count). The van der Waals surface area contributed by atoms with E-state index in [-0.39, 0.29) is 5.75 Å². The van der Waals surface area contributed by atoms with Crippen LogP contribution in [-0.4, -0.2) is 20.1 Å². The Labute approximate surface area is 81.3 Å². The maximum absolute atomic E-state index is 9.44. The predicted molar refractivity (Wildman–Crippen MR) is 51.7 cm³/mol. The molecule has 0 atom stereocenters. The summed E-state index contributed by atoms with van der Waals surface area (Å²) in [5.74, 6) is 0.727. The van der Waals surface area contributed by atoms with Crippen LogP contribution in [0, 0.1) is 6.92 Å². The van der Waals surface area contributed by atoms with Gasteiger partial charge in [0.2, 0.25) is 0 Å². The molecule has 0 saturated heterocycles. The zero-order valence-electron chi connectivity index (χ0n) is 7.68. The minimum atomic E-state index is 0.162. The number of aromatic nitrogens is 3. The molecule has 0 aliphatic rings. The van der Waals surface area contributed by atoms with Crippen LogP contribution in [0.4, 0.5) is 0 Å². The molecule has 0 bridgehead atoms. The van der Waals surface area contributed by atoms with Crippen molar-refractivity contribution in [1.82, 2.24) is 15.0 Å². The van der Waals surface area contributed by atoms with Gasteiger partial charge in [-0.3, -0.25) is 4.98 Å². The predicted octanol–water partition coefficient (Wildman–Crippen LogP) is 1.55. The number of hydrogen-bond donors (Lipinski definition) is 1.